The Bertz CT molecular complexity index is 761. The molecule has 0 aliphatic heterocycles. The number of rotatable bonds is 3. The van der Waals surface area contributed by atoms with Crippen molar-refractivity contribution in [3.8, 4) is 0 Å². The van der Waals surface area contributed by atoms with Gasteiger partial charge < -0.3 is 5.73 Å². The van der Waals surface area contributed by atoms with Gasteiger partial charge in [-0.2, -0.15) is 0 Å². The predicted octanol–water partition coefficient (Wildman–Crippen LogP) is 3.90. The van der Waals surface area contributed by atoms with Gasteiger partial charge in [0, 0.05) is 14.6 Å². The zero-order valence-corrected chi connectivity index (χ0v) is 14.5. The summed E-state index contributed by atoms with van der Waals surface area (Å²) in [7, 11) is -3.70. The van der Waals surface area contributed by atoms with Crippen LogP contribution < -0.4 is 10.5 Å². The van der Waals surface area contributed by atoms with Crippen LogP contribution in [0.2, 0.25) is 0 Å². The first-order chi connectivity index (χ1) is 9.31. The van der Waals surface area contributed by atoms with Crippen LogP contribution in [0.25, 0.3) is 0 Å². The molecule has 0 aromatic heterocycles. The lowest BCUT2D eigenvalue weighted by Gasteiger charge is -2.13. The minimum absolute atomic E-state index is 0.108. The second-order valence-electron chi connectivity index (χ2n) is 4.21. The first-order valence-corrected chi connectivity index (χ1v) is 8.71. The van der Waals surface area contributed by atoms with E-state index in [1.165, 1.54) is 6.07 Å². The minimum atomic E-state index is -3.70. The van der Waals surface area contributed by atoms with Crippen LogP contribution in [-0.4, -0.2) is 8.42 Å². The number of halogens is 2. The smallest absolute Gasteiger partial charge is 0.263 e. The number of benzene rings is 2. The molecule has 0 aliphatic rings. The van der Waals surface area contributed by atoms with Crippen molar-refractivity contribution in [1.29, 1.82) is 0 Å². The molecule has 0 amide bonds. The van der Waals surface area contributed by atoms with Crippen molar-refractivity contribution < 1.29 is 8.42 Å². The Labute approximate surface area is 134 Å². The van der Waals surface area contributed by atoms with Gasteiger partial charge >= 0.3 is 0 Å². The lowest BCUT2D eigenvalue weighted by molar-refractivity contribution is 0.600. The molecule has 3 N–H and O–H groups in total. The van der Waals surface area contributed by atoms with Crippen LogP contribution in [0, 0.1) is 6.92 Å². The highest BCUT2D eigenvalue weighted by molar-refractivity contribution is 9.10. The minimum Gasteiger partial charge on any atom is -0.399 e. The van der Waals surface area contributed by atoms with Gasteiger partial charge in [0.2, 0.25) is 0 Å². The highest BCUT2D eigenvalue weighted by Crippen LogP contribution is 2.29. The molecule has 0 heterocycles. The third-order valence-electron chi connectivity index (χ3n) is 2.76. The number of nitrogens with one attached hydrogen (secondary N) is 1. The Hall–Kier alpha value is -1.05. The predicted molar refractivity (Wildman–Crippen MR) is 88.2 cm³/mol. The van der Waals surface area contributed by atoms with E-state index in [9.17, 15) is 8.42 Å². The van der Waals surface area contributed by atoms with E-state index in [-0.39, 0.29) is 4.90 Å². The van der Waals surface area contributed by atoms with Gasteiger partial charge in [-0.25, -0.2) is 8.42 Å². The second-order valence-corrected chi connectivity index (χ2v) is 7.57. The summed E-state index contributed by atoms with van der Waals surface area (Å²) in [5.74, 6) is 0. The van der Waals surface area contributed by atoms with Gasteiger partial charge in [-0.1, -0.05) is 22.0 Å². The Balaban J connectivity index is 2.46. The van der Waals surface area contributed by atoms with Crippen LogP contribution in [0.1, 0.15) is 5.56 Å². The summed E-state index contributed by atoms with van der Waals surface area (Å²) in [6.07, 6.45) is 0. The molecule has 7 heteroatoms. The van der Waals surface area contributed by atoms with E-state index in [4.69, 9.17) is 5.73 Å². The number of hydrogen-bond acceptors (Lipinski definition) is 3. The topological polar surface area (TPSA) is 72.2 Å². The highest BCUT2D eigenvalue weighted by atomic mass is 79.9. The number of sulfonamides is 1. The molecule has 106 valence electrons. The van der Waals surface area contributed by atoms with E-state index in [0.717, 1.165) is 10.0 Å². The molecule has 20 heavy (non-hydrogen) atoms. The van der Waals surface area contributed by atoms with Crippen LogP contribution in [0.3, 0.4) is 0 Å². The first kappa shape index (κ1) is 15.3. The van der Waals surface area contributed by atoms with Crippen LogP contribution in [0.4, 0.5) is 11.4 Å². The molecule has 0 saturated heterocycles. The van der Waals surface area contributed by atoms with E-state index in [1.807, 2.05) is 13.0 Å². The van der Waals surface area contributed by atoms with Gasteiger partial charge in [-0.3, -0.25) is 4.72 Å². The summed E-state index contributed by atoms with van der Waals surface area (Å²) in [6.45, 7) is 1.83. The van der Waals surface area contributed by atoms with Crippen LogP contribution >= 0.6 is 31.9 Å². The third-order valence-corrected chi connectivity index (χ3v) is 5.98. The van der Waals surface area contributed by atoms with Crippen molar-refractivity contribution in [1.82, 2.24) is 0 Å². The van der Waals surface area contributed by atoms with Gasteiger partial charge in [0.05, 0.1) is 5.69 Å². The number of anilines is 2. The van der Waals surface area contributed by atoms with Crippen molar-refractivity contribution in [2.75, 3.05) is 10.5 Å². The van der Waals surface area contributed by atoms with Crippen molar-refractivity contribution in [2.24, 2.45) is 0 Å². The zero-order valence-electron chi connectivity index (χ0n) is 10.5. The van der Waals surface area contributed by atoms with Crippen molar-refractivity contribution in [3.63, 3.8) is 0 Å². The number of nitrogens with two attached hydrogens (primary N) is 1. The van der Waals surface area contributed by atoms with Gasteiger partial charge in [0.1, 0.15) is 4.90 Å². The van der Waals surface area contributed by atoms with Gasteiger partial charge in [0.25, 0.3) is 10.0 Å². The molecule has 0 unspecified atom stereocenters. The molecule has 0 fully saturated rings. The molecular formula is C13H12Br2N2O2S. The van der Waals surface area contributed by atoms with Gasteiger partial charge in [0.15, 0.2) is 0 Å². The quantitative estimate of drug-likeness (QED) is 0.741. The van der Waals surface area contributed by atoms with Crippen molar-refractivity contribution >= 4 is 53.3 Å². The van der Waals surface area contributed by atoms with Crippen LogP contribution in [-0.2, 0) is 10.0 Å². The molecule has 0 aliphatic carbocycles. The maximum absolute atomic E-state index is 12.4. The fourth-order valence-corrected chi connectivity index (χ4v) is 4.13. The summed E-state index contributed by atoms with van der Waals surface area (Å²) in [5.41, 5.74) is 7.38. The molecule has 0 bridgehead atoms. The summed E-state index contributed by atoms with van der Waals surface area (Å²) < 4.78 is 28.7. The van der Waals surface area contributed by atoms with Gasteiger partial charge in [-0.05, 0) is 58.7 Å². The Kier molecular flexibility index (Phi) is 4.41. The van der Waals surface area contributed by atoms with E-state index in [1.54, 1.807) is 24.3 Å². The van der Waals surface area contributed by atoms with Crippen LogP contribution in [0.5, 0.6) is 0 Å². The molecule has 0 saturated carbocycles. The standard InChI is InChI=1S/C13H12Br2N2O2S/c1-8-10(14)3-2-4-12(8)17-20(18,19)13-7-9(16)5-6-11(13)15/h2-7,17H,16H2,1H3. The van der Waals surface area contributed by atoms with E-state index in [2.05, 4.69) is 36.6 Å². The molecule has 0 spiro atoms. The van der Waals surface area contributed by atoms with Gasteiger partial charge in [-0.15, -0.1) is 0 Å². The SMILES string of the molecule is Cc1c(Br)cccc1NS(=O)(=O)c1cc(N)ccc1Br. The molecule has 0 radical (unpaired) electrons. The summed E-state index contributed by atoms with van der Waals surface area (Å²) >= 11 is 6.60. The summed E-state index contributed by atoms with van der Waals surface area (Å²) in [6, 6.07) is 9.98. The van der Waals surface area contributed by atoms with E-state index < -0.39 is 10.0 Å². The summed E-state index contributed by atoms with van der Waals surface area (Å²) in [5, 5.41) is 0. The normalized spacial score (nSPS) is 11.3. The van der Waals surface area contributed by atoms with E-state index in [0.29, 0.717) is 15.8 Å². The Morgan fingerprint density at radius 2 is 1.80 bits per heavy atom. The largest absolute Gasteiger partial charge is 0.399 e. The van der Waals surface area contributed by atoms with Crippen LogP contribution in [0.15, 0.2) is 50.2 Å². The monoisotopic (exact) mass is 418 g/mol. The fourth-order valence-electron chi connectivity index (χ4n) is 1.64. The van der Waals surface area contributed by atoms with E-state index >= 15 is 0 Å². The third kappa shape index (κ3) is 3.16. The average molecular weight is 420 g/mol. The zero-order chi connectivity index (χ0) is 14.9. The number of nitrogen functional groups attached to an aromatic ring is 1. The molecular weight excluding hydrogens is 408 g/mol. The second kappa shape index (κ2) is 5.75. The lowest BCUT2D eigenvalue weighted by Crippen LogP contribution is -2.14. The highest BCUT2D eigenvalue weighted by Gasteiger charge is 2.19. The Morgan fingerprint density at radius 3 is 2.50 bits per heavy atom. The lowest BCUT2D eigenvalue weighted by atomic mass is 10.2. The first-order valence-electron chi connectivity index (χ1n) is 5.64. The Morgan fingerprint density at radius 1 is 1.10 bits per heavy atom. The maximum atomic E-state index is 12.4. The summed E-state index contributed by atoms with van der Waals surface area (Å²) in [4.78, 5) is 0.108. The molecule has 2 aromatic carbocycles. The fraction of sp³-hybridized carbons (Fsp3) is 0.0769. The average Bonchev–Trinajstić information content (AvgIpc) is 2.37. The molecule has 2 aromatic rings. The molecule has 4 nitrogen and oxygen atoms in total. The molecule has 2 rings (SSSR count). The maximum Gasteiger partial charge on any atom is 0.263 e. The molecule has 0 atom stereocenters. The van der Waals surface area contributed by atoms with Crippen molar-refractivity contribution in [3.05, 3.63) is 50.9 Å². The number of hydrogen-bond donors (Lipinski definition) is 2. The van der Waals surface area contributed by atoms with Crippen molar-refractivity contribution in [2.45, 2.75) is 11.8 Å².